The summed E-state index contributed by atoms with van der Waals surface area (Å²) in [5.74, 6) is -0.0494. The minimum absolute atomic E-state index is 0.345. The number of unbranched alkanes of at least 4 members (excludes halogenated alkanes) is 4. The SMILES string of the molecule is C=C(CCCCCCCC(C)C)C(=O)O. The molecule has 88 valence electrons. The molecule has 0 fully saturated rings. The van der Waals surface area contributed by atoms with Crippen LogP contribution < -0.4 is 0 Å². The van der Waals surface area contributed by atoms with E-state index >= 15 is 0 Å². The third-order valence-corrected chi connectivity index (χ3v) is 2.56. The summed E-state index contributed by atoms with van der Waals surface area (Å²) in [5, 5.41) is 8.58. The number of rotatable bonds is 9. The van der Waals surface area contributed by atoms with E-state index in [2.05, 4.69) is 20.4 Å². The largest absolute Gasteiger partial charge is 0.478 e. The van der Waals surface area contributed by atoms with Crippen LogP contribution in [-0.4, -0.2) is 11.1 Å². The molecule has 0 amide bonds. The van der Waals surface area contributed by atoms with Crippen LogP contribution in [0.15, 0.2) is 12.2 Å². The summed E-state index contributed by atoms with van der Waals surface area (Å²) in [6, 6.07) is 0. The number of hydrogen-bond donors (Lipinski definition) is 1. The van der Waals surface area contributed by atoms with Crippen molar-refractivity contribution < 1.29 is 9.90 Å². The van der Waals surface area contributed by atoms with Gasteiger partial charge < -0.3 is 5.11 Å². The second kappa shape index (κ2) is 8.51. The zero-order chi connectivity index (χ0) is 11.7. The van der Waals surface area contributed by atoms with Crippen molar-refractivity contribution in [2.24, 2.45) is 5.92 Å². The van der Waals surface area contributed by atoms with Gasteiger partial charge in [0.05, 0.1) is 0 Å². The van der Waals surface area contributed by atoms with Crippen LogP contribution in [-0.2, 0) is 4.79 Å². The molecule has 2 nitrogen and oxygen atoms in total. The minimum Gasteiger partial charge on any atom is -0.478 e. The first-order valence-corrected chi connectivity index (χ1v) is 5.95. The van der Waals surface area contributed by atoms with Crippen molar-refractivity contribution in [3.8, 4) is 0 Å². The van der Waals surface area contributed by atoms with Gasteiger partial charge in [-0.2, -0.15) is 0 Å². The second-order valence-corrected chi connectivity index (χ2v) is 4.61. The number of carbonyl (C=O) groups is 1. The lowest BCUT2D eigenvalue weighted by atomic mass is 10.0. The number of aliphatic carboxylic acids is 1. The van der Waals surface area contributed by atoms with Crippen molar-refractivity contribution in [2.75, 3.05) is 0 Å². The van der Waals surface area contributed by atoms with E-state index in [1.54, 1.807) is 0 Å². The van der Waals surface area contributed by atoms with E-state index in [-0.39, 0.29) is 0 Å². The average molecular weight is 212 g/mol. The lowest BCUT2D eigenvalue weighted by molar-refractivity contribution is -0.132. The summed E-state index contributed by atoms with van der Waals surface area (Å²) in [4.78, 5) is 10.4. The third kappa shape index (κ3) is 9.51. The van der Waals surface area contributed by atoms with E-state index < -0.39 is 5.97 Å². The molecule has 0 saturated heterocycles. The summed E-state index contributed by atoms with van der Waals surface area (Å²) in [6.45, 7) is 8.01. The molecule has 1 N–H and O–H groups in total. The Bertz CT molecular complexity index is 195. The van der Waals surface area contributed by atoms with Gasteiger partial charge in [0.15, 0.2) is 0 Å². The fourth-order valence-corrected chi connectivity index (χ4v) is 1.53. The summed E-state index contributed by atoms with van der Waals surface area (Å²) in [7, 11) is 0. The van der Waals surface area contributed by atoms with Crippen LogP contribution in [0.2, 0.25) is 0 Å². The molecule has 0 atom stereocenters. The van der Waals surface area contributed by atoms with Gasteiger partial charge in [-0.1, -0.05) is 52.5 Å². The Morgan fingerprint density at radius 3 is 2.20 bits per heavy atom. The Kier molecular flexibility index (Phi) is 8.06. The highest BCUT2D eigenvalue weighted by atomic mass is 16.4. The van der Waals surface area contributed by atoms with E-state index in [4.69, 9.17) is 5.11 Å². The molecule has 0 aromatic heterocycles. The van der Waals surface area contributed by atoms with E-state index in [0.717, 1.165) is 18.8 Å². The quantitative estimate of drug-likeness (QED) is 0.463. The van der Waals surface area contributed by atoms with Gasteiger partial charge in [0.25, 0.3) is 0 Å². The molecule has 0 aliphatic heterocycles. The van der Waals surface area contributed by atoms with Gasteiger partial charge in [0.1, 0.15) is 0 Å². The monoisotopic (exact) mass is 212 g/mol. The van der Waals surface area contributed by atoms with Crippen LogP contribution in [0.4, 0.5) is 0 Å². The second-order valence-electron chi connectivity index (χ2n) is 4.61. The van der Waals surface area contributed by atoms with E-state index in [9.17, 15) is 4.79 Å². The molecule has 0 aromatic carbocycles. The van der Waals surface area contributed by atoms with E-state index in [1.165, 1.54) is 25.7 Å². The van der Waals surface area contributed by atoms with Crippen LogP contribution in [0.3, 0.4) is 0 Å². The summed E-state index contributed by atoms with van der Waals surface area (Å²) in [5.41, 5.74) is 0.345. The van der Waals surface area contributed by atoms with Crippen molar-refractivity contribution in [1.29, 1.82) is 0 Å². The molecule has 0 heterocycles. The highest BCUT2D eigenvalue weighted by Crippen LogP contribution is 2.13. The Balaban J connectivity index is 3.18. The maximum Gasteiger partial charge on any atom is 0.330 e. The van der Waals surface area contributed by atoms with Crippen LogP contribution in [0.25, 0.3) is 0 Å². The Labute approximate surface area is 93.4 Å². The molecule has 0 unspecified atom stereocenters. The lowest BCUT2D eigenvalue weighted by Crippen LogP contribution is -1.98. The van der Waals surface area contributed by atoms with Crippen LogP contribution in [0.5, 0.6) is 0 Å². The predicted molar refractivity (Wildman–Crippen MR) is 63.9 cm³/mol. The molecular weight excluding hydrogens is 188 g/mol. The average Bonchev–Trinajstić information content (AvgIpc) is 2.15. The molecule has 0 rings (SSSR count). The maximum atomic E-state index is 10.4. The van der Waals surface area contributed by atoms with Gasteiger partial charge in [-0.15, -0.1) is 0 Å². The smallest absolute Gasteiger partial charge is 0.330 e. The molecule has 0 aromatic rings. The maximum absolute atomic E-state index is 10.4. The van der Waals surface area contributed by atoms with Crippen molar-refractivity contribution >= 4 is 5.97 Å². The topological polar surface area (TPSA) is 37.3 Å². The van der Waals surface area contributed by atoms with Crippen LogP contribution >= 0.6 is 0 Å². The summed E-state index contributed by atoms with van der Waals surface area (Å²) in [6.07, 6.45) is 7.84. The van der Waals surface area contributed by atoms with Gasteiger partial charge in [-0.25, -0.2) is 4.79 Å². The van der Waals surface area contributed by atoms with Gasteiger partial charge in [-0.05, 0) is 18.8 Å². The number of carboxylic acid groups (broad SMARTS) is 1. The third-order valence-electron chi connectivity index (χ3n) is 2.56. The fourth-order valence-electron chi connectivity index (χ4n) is 1.53. The first-order chi connectivity index (χ1) is 7.04. The van der Waals surface area contributed by atoms with Crippen molar-refractivity contribution in [1.82, 2.24) is 0 Å². The van der Waals surface area contributed by atoms with E-state index in [0.29, 0.717) is 12.0 Å². The van der Waals surface area contributed by atoms with Crippen molar-refractivity contribution in [3.63, 3.8) is 0 Å². The van der Waals surface area contributed by atoms with Crippen LogP contribution in [0.1, 0.15) is 58.8 Å². The lowest BCUT2D eigenvalue weighted by Gasteiger charge is -2.04. The first kappa shape index (κ1) is 14.2. The molecule has 15 heavy (non-hydrogen) atoms. The van der Waals surface area contributed by atoms with Gasteiger partial charge >= 0.3 is 5.97 Å². The molecule has 0 bridgehead atoms. The molecule has 0 aliphatic carbocycles. The number of hydrogen-bond acceptors (Lipinski definition) is 1. The molecule has 0 spiro atoms. The van der Waals surface area contributed by atoms with E-state index in [1.807, 2.05) is 0 Å². The standard InChI is InChI=1S/C13H24O2/c1-11(2)9-7-5-4-6-8-10-12(3)13(14)15/h11H,3-10H2,1-2H3,(H,14,15). The first-order valence-electron chi connectivity index (χ1n) is 5.95. The fraction of sp³-hybridized carbons (Fsp3) is 0.769. The highest BCUT2D eigenvalue weighted by molar-refractivity contribution is 5.85. The predicted octanol–water partition coefficient (Wildman–Crippen LogP) is 4.01. The van der Waals surface area contributed by atoms with Crippen molar-refractivity contribution in [2.45, 2.75) is 58.8 Å². The molecule has 0 aliphatic rings. The molecule has 0 saturated carbocycles. The van der Waals surface area contributed by atoms with Crippen molar-refractivity contribution in [3.05, 3.63) is 12.2 Å². The Hall–Kier alpha value is -0.790. The van der Waals surface area contributed by atoms with Gasteiger partial charge in [-0.3, -0.25) is 0 Å². The van der Waals surface area contributed by atoms with Gasteiger partial charge in [0.2, 0.25) is 0 Å². The Morgan fingerprint density at radius 1 is 1.13 bits per heavy atom. The summed E-state index contributed by atoms with van der Waals surface area (Å²) >= 11 is 0. The van der Waals surface area contributed by atoms with Crippen LogP contribution in [0, 0.1) is 5.92 Å². The van der Waals surface area contributed by atoms with Gasteiger partial charge in [0, 0.05) is 5.57 Å². The zero-order valence-corrected chi connectivity index (χ0v) is 10.1. The number of carboxylic acids is 1. The molecular formula is C13H24O2. The summed E-state index contributed by atoms with van der Waals surface area (Å²) < 4.78 is 0. The zero-order valence-electron chi connectivity index (χ0n) is 10.1. The minimum atomic E-state index is -0.852. The highest BCUT2D eigenvalue weighted by Gasteiger charge is 2.02. The normalized spacial score (nSPS) is 10.6. The molecule has 2 heteroatoms. The Morgan fingerprint density at radius 2 is 1.67 bits per heavy atom. The molecule has 0 radical (unpaired) electrons.